The second kappa shape index (κ2) is 9.17. The van der Waals surface area contributed by atoms with E-state index in [1.807, 2.05) is 0 Å². The van der Waals surface area contributed by atoms with Crippen LogP contribution in [0.5, 0.6) is 0 Å². The highest BCUT2D eigenvalue weighted by molar-refractivity contribution is 5.80. The van der Waals surface area contributed by atoms with E-state index in [1.165, 1.54) is 25.7 Å². The SMILES string of the molecule is CCc1nncn1CCN=C(NC1CCCC1)NC1CCC(O)CC1. The van der Waals surface area contributed by atoms with E-state index < -0.39 is 0 Å². The van der Waals surface area contributed by atoms with Gasteiger partial charge in [0.25, 0.3) is 0 Å². The number of aliphatic imine (C=N–C) groups is 1. The van der Waals surface area contributed by atoms with Crippen LogP contribution in [-0.2, 0) is 13.0 Å². The Bertz CT molecular complexity index is 544. The van der Waals surface area contributed by atoms with Crippen LogP contribution in [0, 0.1) is 0 Å². The second-order valence-corrected chi connectivity index (χ2v) is 7.30. The van der Waals surface area contributed by atoms with Crippen molar-refractivity contribution in [2.75, 3.05) is 6.54 Å². The first-order chi connectivity index (χ1) is 12.2. The fraction of sp³-hybridized carbons (Fsp3) is 0.833. The minimum Gasteiger partial charge on any atom is -0.393 e. The van der Waals surface area contributed by atoms with Gasteiger partial charge >= 0.3 is 0 Å². The van der Waals surface area contributed by atoms with Crippen molar-refractivity contribution in [2.45, 2.75) is 89.4 Å². The van der Waals surface area contributed by atoms with E-state index in [-0.39, 0.29) is 6.10 Å². The van der Waals surface area contributed by atoms with Gasteiger partial charge in [0, 0.05) is 25.0 Å². The molecule has 0 amide bonds. The molecule has 7 heteroatoms. The van der Waals surface area contributed by atoms with Gasteiger partial charge in [-0.15, -0.1) is 10.2 Å². The molecule has 1 heterocycles. The van der Waals surface area contributed by atoms with Crippen molar-refractivity contribution >= 4 is 5.96 Å². The largest absolute Gasteiger partial charge is 0.393 e. The average Bonchev–Trinajstić information content (AvgIpc) is 3.28. The minimum absolute atomic E-state index is 0.123. The summed E-state index contributed by atoms with van der Waals surface area (Å²) in [7, 11) is 0. The summed E-state index contributed by atoms with van der Waals surface area (Å²) < 4.78 is 2.08. The summed E-state index contributed by atoms with van der Waals surface area (Å²) in [5, 5.41) is 25.0. The lowest BCUT2D eigenvalue weighted by atomic mass is 9.93. The van der Waals surface area contributed by atoms with E-state index in [2.05, 4.69) is 32.3 Å². The van der Waals surface area contributed by atoms with Gasteiger partial charge in [-0.1, -0.05) is 19.8 Å². The van der Waals surface area contributed by atoms with Gasteiger partial charge in [0.2, 0.25) is 0 Å². The Kier molecular flexibility index (Phi) is 6.67. The van der Waals surface area contributed by atoms with Gasteiger partial charge in [-0.25, -0.2) is 0 Å². The number of aryl methyl sites for hydroxylation is 1. The summed E-state index contributed by atoms with van der Waals surface area (Å²) in [5.41, 5.74) is 0. The number of rotatable bonds is 6. The lowest BCUT2D eigenvalue weighted by molar-refractivity contribution is 0.120. The Balaban J connectivity index is 1.56. The molecular weight excluding hydrogens is 316 g/mol. The Morgan fingerprint density at radius 2 is 1.84 bits per heavy atom. The number of hydrogen-bond acceptors (Lipinski definition) is 4. The van der Waals surface area contributed by atoms with Crippen molar-refractivity contribution in [3.8, 4) is 0 Å². The third kappa shape index (κ3) is 5.42. The maximum absolute atomic E-state index is 9.70. The molecular formula is C18H32N6O. The van der Waals surface area contributed by atoms with Gasteiger partial charge in [-0.05, 0) is 38.5 Å². The lowest BCUT2D eigenvalue weighted by Gasteiger charge is -2.28. The summed E-state index contributed by atoms with van der Waals surface area (Å²) in [6.07, 6.45) is 11.4. The molecule has 140 valence electrons. The maximum Gasteiger partial charge on any atom is 0.191 e. The first-order valence-corrected chi connectivity index (χ1v) is 9.87. The van der Waals surface area contributed by atoms with Crippen LogP contribution >= 0.6 is 0 Å². The Labute approximate surface area is 150 Å². The van der Waals surface area contributed by atoms with Gasteiger partial charge in [-0.3, -0.25) is 4.99 Å². The summed E-state index contributed by atoms with van der Waals surface area (Å²) in [6, 6.07) is 0.957. The molecule has 2 fully saturated rings. The van der Waals surface area contributed by atoms with E-state index in [1.54, 1.807) is 6.33 Å². The smallest absolute Gasteiger partial charge is 0.191 e. The van der Waals surface area contributed by atoms with Crippen molar-refractivity contribution in [3.05, 3.63) is 12.2 Å². The number of nitrogens with zero attached hydrogens (tertiary/aromatic N) is 4. The van der Waals surface area contributed by atoms with E-state index in [0.717, 1.165) is 50.4 Å². The summed E-state index contributed by atoms with van der Waals surface area (Å²) in [5.74, 6) is 1.94. The predicted molar refractivity (Wildman–Crippen MR) is 98.5 cm³/mol. The summed E-state index contributed by atoms with van der Waals surface area (Å²) in [6.45, 7) is 3.61. The molecule has 2 aliphatic rings. The van der Waals surface area contributed by atoms with E-state index in [4.69, 9.17) is 4.99 Å². The van der Waals surface area contributed by atoms with Crippen molar-refractivity contribution < 1.29 is 5.11 Å². The second-order valence-electron chi connectivity index (χ2n) is 7.30. The molecule has 0 saturated heterocycles. The molecule has 1 aromatic rings. The maximum atomic E-state index is 9.70. The average molecular weight is 348 g/mol. The van der Waals surface area contributed by atoms with Gasteiger partial charge in [-0.2, -0.15) is 0 Å². The fourth-order valence-corrected chi connectivity index (χ4v) is 3.82. The molecule has 0 bridgehead atoms. The van der Waals surface area contributed by atoms with Gasteiger partial charge in [0.05, 0.1) is 12.6 Å². The van der Waals surface area contributed by atoms with Crippen molar-refractivity contribution in [1.29, 1.82) is 0 Å². The standard InChI is InChI=1S/C18H32N6O/c1-2-17-23-20-13-24(17)12-11-19-18(21-14-5-3-4-6-14)22-15-7-9-16(25)10-8-15/h13-16,25H,2-12H2,1H3,(H2,19,21,22). The van der Waals surface area contributed by atoms with Crippen LogP contribution in [0.25, 0.3) is 0 Å². The molecule has 3 N–H and O–H groups in total. The highest BCUT2D eigenvalue weighted by atomic mass is 16.3. The number of aliphatic hydroxyl groups is 1. The number of aromatic nitrogens is 3. The number of nitrogens with one attached hydrogen (secondary N) is 2. The van der Waals surface area contributed by atoms with Crippen LogP contribution in [0.1, 0.15) is 64.1 Å². The van der Waals surface area contributed by atoms with Crippen LogP contribution in [0.4, 0.5) is 0 Å². The zero-order valence-electron chi connectivity index (χ0n) is 15.3. The first kappa shape index (κ1) is 18.2. The molecule has 0 atom stereocenters. The van der Waals surface area contributed by atoms with E-state index >= 15 is 0 Å². The monoisotopic (exact) mass is 348 g/mol. The zero-order valence-corrected chi connectivity index (χ0v) is 15.3. The molecule has 0 unspecified atom stereocenters. The number of guanidine groups is 1. The normalized spacial score (nSPS) is 25.3. The molecule has 0 aliphatic heterocycles. The number of aliphatic hydroxyl groups excluding tert-OH is 1. The minimum atomic E-state index is -0.123. The number of hydrogen-bond donors (Lipinski definition) is 3. The molecule has 2 aliphatic carbocycles. The van der Waals surface area contributed by atoms with Gasteiger partial charge in [0.1, 0.15) is 12.2 Å². The highest BCUT2D eigenvalue weighted by Gasteiger charge is 2.22. The van der Waals surface area contributed by atoms with Gasteiger partial charge < -0.3 is 20.3 Å². The van der Waals surface area contributed by atoms with Crippen LogP contribution in [0.3, 0.4) is 0 Å². The van der Waals surface area contributed by atoms with Crippen LogP contribution in [0.15, 0.2) is 11.3 Å². The highest BCUT2D eigenvalue weighted by Crippen LogP contribution is 2.19. The molecule has 3 rings (SSSR count). The molecule has 25 heavy (non-hydrogen) atoms. The van der Waals surface area contributed by atoms with E-state index in [9.17, 15) is 5.11 Å². The van der Waals surface area contributed by atoms with Crippen molar-refractivity contribution in [2.24, 2.45) is 4.99 Å². The molecule has 0 spiro atoms. The Morgan fingerprint density at radius 3 is 2.52 bits per heavy atom. The van der Waals surface area contributed by atoms with Gasteiger partial charge in [0.15, 0.2) is 5.96 Å². The lowest BCUT2D eigenvalue weighted by Crippen LogP contribution is -2.48. The van der Waals surface area contributed by atoms with Crippen molar-refractivity contribution in [3.63, 3.8) is 0 Å². The summed E-state index contributed by atoms with van der Waals surface area (Å²) >= 11 is 0. The van der Waals surface area contributed by atoms with Crippen LogP contribution in [-0.4, -0.2) is 50.6 Å². The molecule has 0 aromatic carbocycles. The topological polar surface area (TPSA) is 87.4 Å². The third-order valence-electron chi connectivity index (χ3n) is 5.36. The van der Waals surface area contributed by atoms with Crippen molar-refractivity contribution in [1.82, 2.24) is 25.4 Å². The Morgan fingerprint density at radius 1 is 1.16 bits per heavy atom. The zero-order chi connectivity index (χ0) is 17.5. The molecule has 2 saturated carbocycles. The van der Waals surface area contributed by atoms with Crippen LogP contribution in [0.2, 0.25) is 0 Å². The Hall–Kier alpha value is -1.63. The fourth-order valence-electron chi connectivity index (χ4n) is 3.82. The molecule has 1 aromatic heterocycles. The van der Waals surface area contributed by atoms with E-state index in [0.29, 0.717) is 18.6 Å². The quantitative estimate of drug-likeness (QED) is 0.537. The van der Waals surface area contributed by atoms with Crippen LogP contribution < -0.4 is 10.6 Å². The first-order valence-electron chi connectivity index (χ1n) is 9.87. The molecule has 7 nitrogen and oxygen atoms in total. The molecule has 0 radical (unpaired) electrons. The summed E-state index contributed by atoms with van der Waals surface area (Å²) in [4.78, 5) is 4.81. The predicted octanol–water partition coefficient (Wildman–Crippen LogP) is 1.62. The third-order valence-corrected chi connectivity index (χ3v) is 5.36.